The zero-order valence-electron chi connectivity index (χ0n) is 11.9. The number of benzene rings is 2. The molecule has 1 fully saturated rings. The molecule has 1 saturated carbocycles. The molecular weight excluding hydrogens is 244 g/mol. The number of fused-ring (bicyclic) bond motifs is 5. The van der Waals surface area contributed by atoms with Crippen LogP contribution in [0.1, 0.15) is 43.2 Å². The number of hydrogen-bond donors (Lipinski definition) is 1. The molecule has 0 aromatic heterocycles. The largest absolute Gasteiger partial charge is 0.508 e. The summed E-state index contributed by atoms with van der Waals surface area (Å²) in [4.78, 5) is 0. The summed E-state index contributed by atoms with van der Waals surface area (Å²) in [7, 11) is 0. The third kappa shape index (κ3) is 1.44. The maximum absolute atomic E-state index is 9.65. The van der Waals surface area contributed by atoms with Crippen molar-refractivity contribution in [1.82, 2.24) is 0 Å². The Balaban J connectivity index is 1.95. The Morgan fingerprint density at radius 1 is 1.20 bits per heavy atom. The van der Waals surface area contributed by atoms with E-state index in [0.717, 1.165) is 11.8 Å². The standard InChI is InChI=1S/C19H20O/c1-12-3-8-18-17-6-4-13-11-14(20)5-7-15(13)16(17)9-10-19(12,18)2/h4-7,11,18,20H,1,3,8-10H2,2H3. The molecule has 0 heterocycles. The fourth-order valence-corrected chi connectivity index (χ4v) is 4.41. The van der Waals surface area contributed by atoms with Crippen molar-refractivity contribution in [1.29, 1.82) is 0 Å². The molecule has 2 aliphatic rings. The molecule has 2 aromatic rings. The van der Waals surface area contributed by atoms with Gasteiger partial charge in [0.2, 0.25) is 0 Å². The van der Waals surface area contributed by atoms with Crippen LogP contribution in [-0.4, -0.2) is 5.11 Å². The van der Waals surface area contributed by atoms with Crippen molar-refractivity contribution in [2.24, 2.45) is 5.41 Å². The van der Waals surface area contributed by atoms with E-state index in [1.807, 2.05) is 12.1 Å². The fourth-order valence-electron chi connectivity index (χ4n) is 4.41. The van der Waals surface area contributed by atoms with E-state index in [1.165, 1.54) is 41.3 Å². The highest BCUT2D eigenvalue weighted by Crippen LogP contribution is 2.58. The Morgan fingerprint density at radius 2 is 2.05 bits per heavy atom. The maximum atomic E-state index is 9.65. The highest BCUT2D eigenvalue weighted by molar-refractivity contribution is 5.88. The number of hydrogen-bond acceptors (Lipinski definition) is 1. The summed E-state index contributed by atoms with van der Waals surface area (Å²) in [5, 5.41) is 12.1. The van der Waals surface area contributed by atoms with Gasteiger partial charge in [0.05, 0.1) is 0 Å². The second kappa shape index (κ2) is 3.88. The first-order valence-electron chi connectivity index (χ1n) is 7.52. The number of rotatable bonds is 0. The van der Waals surface area contributed by atoms with Gasteiger partial charge in [0.15, 0.2) is 0 Å². The first-order chi connectivity index (χ1) is 9.59. The van der Waals surface area contributed by atoms with E-state index in [0.29, 0.717) is 17.1 Å². The normalized spacial score (nSPS) is 28.4. The lowest BCUT2D eigenvalue weighted by molar-refractivity contribution is 0.308. The van der Waals surface area contributed by atoms with E-state index in [4.69, 9.17) is 0 Å². The zero-order chi connectivity index (χ0) is 13.9. The molecule has 1 heteroatoms. The van der Waals surface area contributed by atoms with Gasteiger partial charge in [-0.05, 0) is 71.0 Å². The highest BCUT2D eigenvalue weighted by atomic mass is 16.3. The van der Waals surface area contributed by atoms with Crippen molar-refractivity contribution < 1.29 is 5.11 Å². The van der Waals surface area contributed by atoms with Gasteiger partial charge in [0, 0.05) is 0 Å². The molecule has 2 unspecified atom stereocenters. The Kier molecular flexibility index (Phi) is 2.33. The Morgan fingerprint density at radius 3 is 2.90 bits per heavy atom. The molecule has 20 heavy (non-hydrogen) atoms. The second-order valence-electron chi connectivity index (χ2n) is 6.65. The monoisotopic (exact) mass is 264 g/mol. The number of phenolic OH excluding ortho intramolecular Hbond substituents is 1. The molecule has 0 radical (unpaired) electrons. The first kappa shape index (κ1) is 12.0. The summed E-state index contributed by atoms with van der Waals surface area (Å²) in [6, 6.07) is 10.2. The number of aromatic hydroxyl groups is 1. The van der Waals surface area contributed by atoms with Crippen LogP contribution in [-0.2, 0) is 6.42 Å². The topological polar surface area (TPSA) is 20.2 Å². The van der Waals surface area contributed by atoms with E-state index in [9.17, 15) is 5.11 Å². The fraction of sp³-hybridized carbons (Fsp3) is 0.368. The minimum absolute atomic E-state index is 0.303. The molecule has 0 bridgehead atoms. The average Bonchev–Trinajstić information content (AvgIpc) is 2.74. The first-order valence-corrected chi connectivity index (χ1v) is 7.52. The summed E-state index contributed by atoms with van der Waals surface area (Å²) in [5.74, 6) is 0.990. The van der Waals surface area contributed by atoms with Crippen LogP contribution in [0.5, 0.6) is 5.75 Å². The van der Waals surface area contributed by atoms with Crippen molar-refractivity contribution in [3.05, 3.63) is 53.6 Å². The molecule has 4 rings (SSSR count). The molecule has 102 valence electrons. The number of phenols is 1. The van der Waals surface area contributed by atoms with E-state index in [2.05, 4.69) is 31.7 Å². The van der Waals surface area contributed by atoms with Crippen LogP contribution in [0.15, 0.2) is 42.5 Å². The molecule has 2 atom stereocenters. The lowest BCUT2D eigenvalue weighted by atomic mass is 9.65. The second-order valence-corrected chi connectivity index (χ2v) is 6.65. The Hall–Kier alpha value is -1.76. The molecule has 0 spiro atoms. The van der Waals surface area contributed by atoms with Crippen LogP contribution in [0.4, 0.5) is 0 Å². The average molecular weight is 264 g/mol. The molecule has 2 aromatic carbocycles. The quantitative estimate of drug-likeness (QED) is 0.669. The predicted molar refractivity (Wildman–Crippen MR) is 83.2 cm³/mol. The van der Waals surface area contributed by atoms with Crippen LogP contribution < -0.4 is 0 Å². The number of aryl methyl sites for hydroxylation is 1. The van der Waals surface area contributed by atoms with Gasteiger partial charge in [0.1, 0.15) is 5.75 Å². The van der Waals surface area contributed by atoms with E-state index in [-0.39, 0.29) is 0 Å². The third-order valence-electron chi connectivity index (χ3n) is 5.73. The molecule has 0 aliphatic heterocycles. The van der Waals surface area contributed by atoms with Crippen LogP contribution in [0.3, 0.4) is 0 Å². The predicted octanol–water partition coefficient (Wildman–Crippen LogP) is 4.93. The van der Waals surface area contributed by atoms with E-state index < -0.39 is 0 Å². The summed E-state index contributed by atoms with van der Waals surface area (Å²) >= 11 is 0. The summed E-state index contributed by atoms with van der Waals surface area (Å²) in [5.41, 5.74) is 4.77. The summed E-state index contributed by atoms with van der Waals surface area (Å²) in [6.45, 7) is 6.72. The Labute approximate surface area is 119 Å². The van der Waals surface area contributed by atoms with Gasteiger partial charge in [-0.25, -0.2) is 0 Å². The highest BCUT2D eigenvalue weighted by Gasteiger charge is 2.45. The lowest BCUT2D eigenvalue weighted by Crippen LogP contribution is -2.27. The zero-order valence-corrected chi connectivity index (χ0v) is 11.9. The van der Waals surface area contributed by atoms with Gasteiger partial charge < -0.3 is 5.11 Å². The lowest BCUT2D eigenvalue weighted by Gasteiger charge is -2.39. The van der Waals surface area contributed by atoms with Gasteiger partial charge in [-0.1, -0.05) is 37.3 Å². The minimum Gasteiger partial charge on any atom is -0.508 e. The molecule has 1 N–H and O–H groups in total. The van der Waals surface area contributed by atoms with Crippen molar-refractivity contribution in [3.63, 3.8) is 0 Å². The molecular formula is C19H20O. The van der Waals surface area contributed by atoms with E-state index >= 15 is 0 Å². The van der Waals surface area contributed by atoms with E-state index in [1.54, 1.807) is 0 Å². The Bertz CT molecular complexity index is 728. The summed E-state index contributed by atoms with van der Waals surface area (Å²) < 4.78 is 0. The van der Waals surface area contributed by atoms with Gasteiger partial charge in [-0.15, -0.1) is 0 Å². The molecule has 1 nitrogen and oxygen atoms in total. The smallest absolute Gasteiger partial charge is 0.116 e. The van der Waals surface area contributed by atoms with Crippen molar-refractivity contribution in [2.45, 2.75) is 38.5 Å². The van der Waals surface area contributed by atoms with Crippen LogP contribution in [0.25, 0.3) is 10.8 Å². The minimum atomic E-state index is 0.303. The SMILES string of the molecule is C=C1CCC2c3ccc4cc(O)ccc4c3CCC12C. The van der Waals surface area contributed by atoms with Gasteiger partial charge in [0.25, 0.3) is 0 Å². The van der Waals surface area contributed by atoms with Crippen molar-refractivity contribution in [2.75, 3.05) is 0 Å². The van der Waals surface area contributed by atoms with Gasteiger partial charge in [-0.3, -0.25) is 0 Å². The molecule has 2 aliphatic carbocycles. The van der Waals surface area contributed by atoms with Gasteiger partial charge >= 0.3 is 0 Å². The van der Waals surface area contributed by atoms with Crippen LogP contribution in [0, 0.1) is 5.41 Å². The van der Waals surface area contributed by atoms with Crippen LogP contribution in [0.2, 0.25) is 0 Å². The van der Waals surface area contributed by atoms with Crippen molar-refractivity contribution in [3.8, 4) is 5.75 Å². The van der Waals surface area contributed by atoms with Crippen molar-refractivity contribution >= 4 is 10.8 Å². The maximum Gasteiger partial charge on any atom is 0.116 e. The summed E-state index contributed by atoms with van der Waals surface area (Å²) in [6.07, 6.45) is 4.76. The van der Waals surface area contributed by atoms with Crippen LogP contribution >= 0.6 is 0 Å². The van der Waals surface area contributed by atoms with Gasteiger partial charge in [-0.2, -0.15) is 0 Å². The molecule has 0 amide bonds. The molecule has 0 saturated heterocycles. The number of allylic oxidation sites excluding steroid dienone is 1. The third-order valence-corrected chi connectivity index (χ3v) is 5.73.